The Balaban J connectivity index is 2.00. The zero-order chi connectivity index (χ0) is 13.7. The Labute approximate surface area is 110 Å². The number of rotatable bonds is 4. The fourth-order valence-electron chi connectivity index (χ4n) is 1.75. The van der Waals surface area contributed by atoms with Crippen LogP contribution in [-0.2, 0) is 13.1 Å². The molecule has 0 bridgehead atoms. The second-order valence-corrected chi connectivity index (χ2v) is 4.11. The molecular weight excluding hydrogens is 243 g/mol. The molecule has 0 unspecified atom stereocenters. The number of hydrogen-bond acceptors (Lipinski definition) is 4. The normalized spacial score (nSPS) is 10.2. The third kappa shape index (κ3) is 3.57. The van der Waals surface area contributed by atoms with Gasteiger partial charge in [0.2, 0.25) is 0 Å². The molecule has 0 saturated carbocycles. The molecule has 5 heteroatoms. The first-order valence-corrected chi connectivity index (χ1v) is 5.87. The lowest BCUT2D eigenvalue weighted by molar-refractivity contribution is 0.618. The summed E-state index contributed by atoms with van der Waals surface area (Å²) in [6, 6.07) is 8.01. The van der Waals surface area contributed by atoms with Crippen LogP contribution in [0.2, 0.25) is 0 Å². The Morgan fingerprint density at radius 1 is 1.32 bits per heavy atom. The van der Waals surface area contributed by atoms with Crippen molar-refractivity contribution in [2.24, 2.45) is 0 Å². The summed E-state index contributed by atoms with van der Waals surface area (Å²) in [7, 11) is 0. The summed E-state index contributed by atoms with van der Waals surface area (Å²) in [6.45, 7) is 2.79. The topological polar surface area (TPSA) is 61.6 Å². The molecule has 0 radical (unpaired) electrons. The van der Waals surface area contributed by atoms with Crippen molar-refractivity contribution in [2.45, 2.75) is 20.0 Å². The van der Waals surface area contributed by atoms with E-state index in [0.717, 1.165) is 5.69 Å². The first-order valence-electron chi connectivity index (χ1n) is 5.87. The predicted molar refractivity (Wildman–Crippen MR) is 68.4 cm³/mol. The van der Waals surface area contributed by atoms with Crippen LogP contribution in [0.25, 0.3) is 0 Å². The first kappa shape index (κ1) is 13.1. The van der Waals surface area contributed by atoms with E-state index in [1.54, 1.807) is 6.20 Å². The average molecular weight is 256 g/mol. The van der Waals surface area contributed by atoms with Crippen molar-refractivity contribution in [2.75, 3.05) is 0 Å². The van der Waals surface area contributed by atoms with E-state index in [2.05, 4.69) is 15.3 Å². The van der Waals surface area contributed by atoms with Gasteiger partial charge < -0.3 is 5.32 Å². The molecule has 2 rings (SSSR count). The highest BCUT2D eigenvalue weighted by atomic mass is 19.1. The van der Waals surface area contributed by atoms with E-state index in [0.29, 0.717) is 30.0 Å². The molecule has 0 spiro atoms. The van der Waals surface area contributed by atoms with E-state index < -0.39 is 0 Å². The second-order valence-electron chi connectivity index (χ2n) is 4.11. The number of aryl methyl sites for hydroxylation is 1. The van der Waals surface area contributed by atoms with Gasteiger partial charge in [0.1, 0.15) is 11.6 Å². The summed E-state index contributed by atoms with van der Waals surface area (Å²) in [6.07, 6.45) is 1.70. The lowest BCUT2D eigenvalue weighted by Crippen LogP contribution is -2.15. The molecular formula is C14H13FN4. The maximum Gasteiger partial charge on any atom is 0.125 e. The molecule has 0 amide bonds. The number of aromatic nitrogens is 2. The molecule has 0 fully saturated rings. The van der Waals surface area contributed by atoms with Gasteiger partial charge in [0, 0.05) is 19.3 Å². The Morgan fingerprint density at radius 2 is 2.16 bits per heavy atom. The number of benzene rings is 1. The van der Waals surface area contributed by atoms with Crippen molar-refractivity contribution < 1.29 is 4.39 Å². The fraction of sp³-hybridized carbons (Fsp3) is 0.214. The standard InChI is InChI=1S/C14H13FN4/c1-10-18-5-4-14(19-10)9-17-8-12-6-13(15)3-2-11(12)7-16/h2-6,17H,8-9H2,1H3. The highest BCUT2D eigenvalue weighted by molar-refractivity contribution is 5.37. The Kier molecular flexibility index (Phi) is 4.16. The summed E-state index contributed by atoms with van der Waals surface area (Å²) < 4.78 is 13.1. The van der Waals surface area contributed by atoms with Crippen molar-refractivity contribution in [1.82, 2.24) is 15.3 Å². The smallest absolute Gasteiger partial charge is 0.125 e. The monoisotopic (exact) mass is 256 g/mol. The maximum absolute atomic E-state index is 13.1. The minimum absolute atomic E-state index is 0.339. The summed E-state index contributed by atoms with van der Waals surface area (Å²) in [5.74, 6) is 0.372. The highest BCUT2D eigenvalue weighted by Gasteiger charge is 2.04. The minimum atomic E-state index is -0.339. The largest absolute Gasteiger partial charge is 0.307 e. The quantitative estimate of drug-likeness (QED) is 0.909. The van der Waals surface area contributed by atoms with Crippen LogP contribution in [-0.4, -0.2) is 9.97 Å². The van der Waals surface area contributed by atoms with E-state index in [9.17, 15) is 4.39 Å². The van der Waals surface area contributed by atoms with Crippen molar-refractivity contribution in [3.63, 3.8) is 0 Å². The molecule has 0 saturated heterocycles. The summed E-state index contributed by atoms with van der Waals surface area (Å²) >= 11 is 0. The van der Waals surface area contributed by atoms with E-state index in [1.807, 2.05) is 19.1 Å². The van der Waals surface area contributed by atoms with Crippen molar-refractivity contribution in [1.29, 1.82) is 5.26 Å². The zero-order valence-corrected chi connectivity index (χ0v) is 10.5. The molecule has 0 atom stereocenters. The average Bonchev–Trinajstić information content (AvgIpc) is 2.39. The van der Waals surface area contributed by atoms with Gasteiger partial charge in [-0.15, -0.1) is 0 Å². The third-order valence-corrected chi connectivity index (χ3v) is 2.64. The third-order valence-electron chi connectivity index (χ3n) is 2.64. The number of nitrogens with one attached hydrogen (secondary N) is 1. The van der Waals surface area contributed by atoms with Crippen LogP contribution in [0.3, 0.4) is 0 Å². The lowest BCUT2D eigenvalue weighted by atomic mass is 10.1. The molecule has 1 heterocycles. The molecule has 1 N–H and O–H groups in total. The second kappa shape index (κ2) is 6.03. The summed E-state index contributed by atoms with van der Waals surface area (Å²) in [4.78, 5) is 8.27. The molecule has 1 aromatic heterocycles. The van der Waals surface area contributed by atoms with Crippen LogP contribution in [0.1, 0.15) is 22.6 Å². The Bertz CT molecular complexity index is 619. The van der Waals surface area contributed by atoms with Gasteiger partial charge in [-0.3, -0.25) is 0 Å². The van der Waals surface area contributed by atoms with Crippen molar-refractivity contribution in [3.8, 4) is 6.07 Å². The van der Waals surface area contributed by atoms with E-state index >= 15 is 0 Å². The SMILES string of the molecule is Cc1nccc(CNCc2cc(F)ccc2C#N)n1. The van der Waals surface area contributed by atoms with Gasteiger partial charge >= 0.3 is 0 Å². The van der Waals surface area contributed by atoms with E-state index in [1.165, 1.54) is 18.2 Å². The van der Waals surface area contributed by atoms with Crippen LogP contribution in [0, 0.1) is 24.1 Å². The van der Waals surface area contributed by atoms with Crippen LogP contribution in [0.15, 0.2) is 30.5 Å². The maximum atomic E-state index is 13.1. The van der Waals surface area contributed by atoms with Gasteiger partial charge in [0.05, 0.1) is 17.3 Å². The van der Waals surface area contributed by atoms with Crippen LogP contribution in [0.5, 0.6) is 0 Å². The van der Waals surface area contributed by atoms with Crippen molar-refractivity contribution in [3.05, 3.63) is 58.9 Å². The molecule has 1 aromatic carbocycles. The number of nitrogens with zero attached hydrogens (tertiary/aromatic N) is 3. The van der Waals surface area contributed by atoms with Crippen LogP contribution < -0.4 is 5.32 Å². The van der Waals surface area contributed by atoms with Gasteiger partial charge in [0.15, 0.2) is 0 Å². The summed E-state index contributed by atoms with van der Waals surface area (Å²) in [5, 5.41) is 12.1. The van der Waals surface area contributed by atoms with Gasteiger partial charge in [-0.2, -0.15) is 5.26 Å². The Hall–Kier alpha value is -2.32. The van der Waals surface area contributed by atoms with E-state index in [4.69, 9.17) is 5.26 Å². The number of halogens is 1. The first-order chi connectivity index (χ1) is 9.19. The fourth-order valence-corrected chi connectivity index (χ4v) is 1.75. The van der Waals surface area contributed by atoms with Gasteiger partial charge in [-0.05, 0) is 36.8 Å². The van der Waals surface area contributed by atoms with Gasteiger partial charge in [-0.1, -0.05) is 0 Å². The highest BCUT2D eigenvalue weighted by Crippen LogP contribution is 2.10. The predicted octanol–water partition coefficient (Wildman–Crippen LogP) is 2.09. The van der Waals surface area contributed by atoms with Crippen LogP contribution in [0.4, 0.5) is 4.39 Å². The van der Waals surface area contributed by atoms with Gasteiger partial charge in [-0.25, -0.2) is 14.4 Å². The van der Waals surface area contributed by atoms with Gasteiger partial charge in [0.25, 0.3) is 0 Å². The minimum Gasteiger partial charge on any atom is -0.307 e. The zero-order valence-electron chi connectivity index (χ0n) is 10.5. The van der Waals surface area contributed by atoms with Crippen molar-refractivity contribution >= 4 is 0 Å². The number of nitriles is 1. The molecule has 4 nitrogen and oxygen atoms in total. The Morgan fingerprint density at radius 3 is 2.89 bits per heavy atom. The lowest BCUT2D eigenvalue weighted by Gasteiger charge is -2.06. The molecule has 2 aromatic rings. The summed E-state index contributed by atoms with van der Waals surface area (Å²) in [5.41, 5.74) is 1.99. The molecule has 19 heavy (non-hydrogen) atoms. The number of hydrogen-bond donors (Lipinski definition) is 1. The molecule has 96 valence electrons. The van der Waals surface area contributed by atoms with E-state index in [-0.39, 0.29) is 5.82 Å². The van der Waals surface area contributed by atoms with Crippen LogP contribution >= 0.6 is 0 Å². The molecule has 0 aliphatic rings. The molecule has 0 aliphatic heterocycles. The molecule has 0 aliphatic carbocycles.